The topological polar surface area (TPSA) is 100 Å². The molecule has 0 aliphatic carbocycles. The van der Waals surface area contributed by atoms with E-state index in [-0.39, 0.29) is 24.9 Å². The lowest BCUT2D eigenvalue weighted by molar-refractivity contribution is -0.139. The van der Waals surface area contributed by atoms with Gasteiger partial charge in [-0.05, 0) is 24.0 Å². The summed E-state index contributed by atoms with van der Waals surface area (Å²) in [7, 11) is 1.86. The van der Waals surface area contributed by atoms with E-state index in [2.05, 4.69) is 15.8 Å². The molecule has 0 saturated carbocycles. The number of Topliss-reactive ketones (excluding diaryl/α,β-unsaturated/α-hetero) is 1. The fraction of sp³-hybridized carbons (Fsp3) is 0.474. The number of nitrogens with one attached hydrogen (secondary N) is 2. The van der Waals surface area contributed by atoms with E-state index in [1.807, 2.05) is 31.9 Å². The van der Waals surface area contributed by atoms with Gasteiger partial charge in [0.25, 0.3) is 0 Å². The highest BCUT2D eigenvalue weighted by Gasteiger charge is 2.30. The highest BCUT2D eigenvalue weighted by molar-refractivity contribution is 8.14. The summed E-state index contributed by atoms with van der Waals surface area (Å²) in [6.07, 6.45) is -0.750. The summed E-state index contributed by atoms with van der Waals surface area (Å²) in [5, 5.41) is 7.15. The normalized spacial score (nSPS) is 15.6. The fourth-order valence-electron chi connectivity index (χ4n) is 2.48. The molecule has 1 aliphatic rings. The number of alkyl carbamates (subject to hydrolysis) is 1. The van der Waals surface area contributed by atoms with Gasteiger partial charge in [0, 0.05) is 19.3 Å². The number of halogens is 1. The highest BCUT2D eigenvalue weighted by Crippen LogP contribution is 2.19. The number of carbonyl (C=O) groups is 3. The van der Waals surface area contributed by atoms with Crippen LogP contribution in [0.15, 0.2) is 29.4 Å². The largest absolute Gasteiger partial charge is 0.449 e. The molecule has 1 unspecified atom stereocenters. The lowest BCUT2D eigenvalue weighted by Crippen LogP contribution is -2.41. The molecular weight excluding hydrogens is 416 g/mol. The minimum atomic E-state index is -1.16. The average Bonchev–Trinajstić information content (AvgIpc) is 3.07. The zero-order chi connectivity index (χ0) is 20.7. The molecule has 1 aromatic rings. The first-order chi connectivity index (χ1) is 13.3. The summed E-state index contributed by atoms with van der Waals surface area (Å²) in [5.74, 6) is -0.691. The second kappa shape index (κ2) is 11.7. The molecule has 1 heterocycles. The first-order valence-electron chi connectivity index (χ1n) is 9.04. The smallest absolute Gasteiger partial charge is 0.408 e. The van der Waals surface area contributed by atoms with Crippen LogP contribution in [0.3, 0.4) is 0 Å². The second-order valence-corrected chi connectivity index (χ2v) is 7.96. The predicted octanol–water partition coefficient (Wildman–Crippen LogP) is 2.48. The van der Waals surface area contributed by atoms with E-state index >= 15 is 0 Å². The monoisotopic (exact) mass is 442 g/mol. The van der Waals surface area contributed by atoms with Crippen LogP contribution in [0.4, 0.5) is 4.79 Å². The van der Waals surface area contributed by atoms with Crippen molar-refractivity contribution in [3.8, 4) is 0 Å². The number of hydrazone groups is 1. The standard InChI is InChI=1S/C19H26N4O4S.ClH/c1-12(2)11-27-19(26)20-15(14-8-6-5-7-13(14)3)16(24)17(25)21-22-18-23(4)9-10-28-18;/h5-8,12,15H,9-11H2,1-4H3,(H,20,26)(H,21,25);1H. The molecular formula is C19H27ClN4O4S. The molecule has 2 amide bonds. The molecule has 0 radical (unpaired) electrons. The summed E-state index contributed by atoms with van der Waals surface area (Å²) in [5.41, 5.74) is 3.60. The van der Waals surface area contributed by atoms with Crippen molar-refractivity contribution < 1.29 is 19.1 Å². The molecule has 29 heavy (non-hydrogen) atoms. The van der Waals surface area contributed by atoms with Gasteiger partial charge >= 0.3 is 12.0 Å². The number of ether oxygens (including phenoxy) is 1. The summed E-state index contributed by atoms with van der Waals surface area (Å²) in [6, 6.07) is 5.90. The number of ketones is 1. The minimum absolute atomic E-state index is 0. The van der Waals surface area contributed by atoms with Crippen LogP contribution in [0.5, 0.6) is 0 Å². The fourth-order valence-corrected chi connectivity index (χ4v) is 3.45. The Morgan fingerprint density at radius 3 is 2.55 bits per heavy atom. The Labute approximate surface area is 181 Å². The Balaban J connectivity index is 0.00000420. The molecule has 160 valence electrons. The lowest BCUT2D eigenvalue weighted by atomic mass is 9.98. The molecule has 1 aromatic carbocycles. The zero-order valence-corrected chi connectivity index (χ0v) is 18.6. The third-order valence-corrected chi connectivity index (χ3v) is 5.08. The highest BCUT2D eigenvalue weighted by atomic mass is 35.5. The molecule has 1 fully saturated rings. The molecule has 1 saturated heterocycles. The molecule has 0 aromatic heterocycles. The van der Waals surface area contributed by atoms with E-state index in [1.165, 1.54) is 11.8 Å². The summed E-state index contributed by atoms with van der Waals surface area (Å²) < 4.78 is 5.11. The SMILES string of the molecule is Cc1ccccc1C(NC(=O)OCC(C)C)C(=O)C(=O)NN=C1SCCN1C.Cl. The maximum atomic E-state index is 12.8. The third kappa shape index (κ3) is 7.25. The summed E-state index contributed by atoms with van der Waals surface area (Å²) in [6.45, 7) is 6.65. The van der Waals surface area contributed by atoms with Crippen molar-refractivity contribution in [2.24, 2.45) is 11.0 Å². The Bertz CT molecular complexity index is 772. The minimum Gasteiger partial charge on any atom is -0.449 e. The van der Waals surface area contributed by atoms with Gasteiger partial charge in [0.05, 0.1) is 6.61 Å². The van der Waals surface area contributed by atoms with Gasteiger partial charge in [-0.1, -0.05) is 49.9 Å². The maximum absolute atomic E-state index is 12.8. The number of hydrogen-bond acceptors (Lipinski definition) is 6. The van der Waals surface area contributed by atoms with E-state index in [9.17, 15) is 14.4 Å². The third-order valence-electron chi connectivity index (χ3n) is 4.03. The molecule has 8 nitrogen and oxygen atoms in total. The number of thioether (sulfide) groups is 1. The Morgan fingerprint density at radius 2 is 1.97 bits per heavy atom. The number of hydrogen-bond donors (Lipinski definition) is 2. The Morgan fingerprint density at radius 1 is 1.28 bits per heavy atom. The van der Waals surface area contributed by atoms with Crippen LogP contribution in [0.2, 0.25) is 0 Å². The van der Waals surface area contributed by atoms with Crippen molar-refractivity contribution in [1.29, 1.82) is 0 Å². The van der Waals surface area contributed by atoms with E-state index < -0.39 is 23.8 Å². The maximum Gasteiger partial charge on any atom is 0.408 e. The van der Waals surface area contributed by atoms with Gasteiger partial charge in [-0.3, -0.25) is 9.59 Å². The number of aryl methyl sites for hydroxylation is 1. The van der Waals surface area contributed by atoms with Crippen LogP contribution in [-0.4, -0.2) is 53.8 Å². The first kappa shape index (κ1) is 24.8. The van der Waals surface area contributed by atoms with Gasteiger partial charge < -0.3 is 15.0 Å². The molecule has 2 N–H and O–H groups in total. The quantitative estimate of drug-likeness (QED) is 0.497. The van der Waals surface area contributed by atoms with Crippen LogP contribution < -0.4 is 10.7 Å². The van der Waals surface area contributed by atoms with Gasteiger partial charge in [0.2, 0.25) is 5.78 Å². The first-order valence-corrected chi connectivity index (χ1v) is 10.0. The van der Waals surface area contributed by atoms with E-state index in [1.54, 1.807) is 25.1 Å². The number of rotatable bonds is 7. The van der Waals surface area contributed by atoms with E-state index in [4.69, 9.17) is 4.74 Å². The lowest BCUT2D eigenvalue weighted by Gasteiger charge is -2.19. The van der Waals surface area contributed by atoms with Crippen LogP contribution in [-0.2, 0) is 14.3 Å². The van der Waals surface area contributed by atoms with Gasteiger partial charge in [-0.15, -0.1) is 17.5 Å². The van der Waals surface area contributed by atoms with E-state index in [0.29, 0.717) is 10.7 Å². The number of nitrogens with zero attached hydrogens (tertiary/aromatic N) is 2. The summed E-state index contributed by atoms with van der Waals surface area (Å²) in [4.78, 5) is 39.2. The van der Waals surface area contributed by atoms with Crippen LogP contribution in [0.25, 0.3) is 0 Å². The number of amides is 2. The van der Waals surface area contributed by atoms with Crippen molar-refractivity contribution in [1.82, 2.24) is 15.6 Å². The van der Waals surface area contributed by atoms with Gasteiger partial charge in [0.15, 0.2) is 5.17 Å². The Hall–Kier alpha value is -2.26. The van der Waals surface area contributed by atoms with Crippen molar-refractivity contribution >= 4 is 47.1 Å². The molecule has 0 bridgehead atoms. The molecule has 1 aliphatic heterocycles. The predicted molar refractivity (Wildman–Crippen MR) is 116 cm³/mol. The number of carbonyl (C=O) groups excluding carboxylic acids is 3. The molecule has 2 rings (SSSR count). The molecule has 10 heteroatoms. The van der Waals surface area contributed by atoms with Crippen molar-refractivity contribution in [3.63, 3.8) is 0 Å². The Kier molecular flexibility index (Phi) is 9.97. The van der Waals surface area contributed by atoms with Crippen LogP contribution in [0, 0.1) is 12.8 Å². The van der Waals surface area contributed by atoms with Crippen LogP contribution >= 0.6 is 24.2 Å². The van der Waals surface area contributed by atoms with Crippen molar-refractivity contribution in [3.05, 3.63) is 35.4 Å². The molecule has 0 spiro atoms. The van der Waals surface area contributed by atoms with Gasteiger partial charge in [-0.25, -0.2) is 10.2 Å². The second-order valence-electron chi connectivity index (χ2n) is 6.90. The molecule has 1 atom stereocenters. The van der Waals surface area contributed by atoms with Crippen molar-refractivity contribution in [2.45, 2.75) is 26.8 Å². The zero-order valence-electron chi connectivity index (χ0n) is 16.9. The van der Waals surface area contributed by atoms with Gasteiger partial charge in [0.1, 0.15) is 6.04 Å². The number of benzene rings is 1. The van der Waals surface area contributed by atoms with Crippen molar-refractivity contribution in [2.75, 3.05) is 26.0 Å². The number of amidine groups is 1. The average molecular weight is 443 g/mol. The summed E-state index contributed by atoms with van der Waals surface area (Å²) >= 11 is 1.49. The van der Waals surface area contributed by atoms with Crippen LogP contribution in [0.1, 0.15) is 31.0 Å². The van der Waals surface area contributed by atoms with Gasteiger partial charge in [-0.2, -0.15) is 0 Å². The van der Waals surface area contributed by atoms with E-state index in [0.717, 1.165) is 17.9 Å².